The molecule has 0 radical (unpaired) electrons. The smallest absolute Gasteiger partial charge is 0.00448 e. The van der Waals surface area contributed by atoms with Crippen molar-refractivity contribution in [3.63, 3.8) is 0 Å². The molecule has 0 spiro atoms. The molecule has 1 heteroatoms. The molecule has 0 amide bonds. The third-order valence-corrected chi connectivity index (χ3v) is 5.72. The lowest BCUT2D eigenvalue weighted by molar-refractivity contribution is 0.408. The molecule has 2 aliphatic rings. The fourth-order valence-corrected chi connectivity index (χ4v) is 4.35. The van der Waals surface area contributed by atoms with Crippen molar-refractivity contribution < 1.29 is 0 Å². The first-order chi connectivity index (χ1) is 10.3. The minimum Gasteiger partial charge on any atom is -0.328 e. The maximum absolute atomic E-state index is 6.08. The third kappa shape index (κ3) is 3.69. The fraction of sp³-hybridized carbons (Fsp3) is 0.700. The zero-order valence-electron chi connectivity index (χ0n) is 13.6. The molecule has 1 aromatic carbocycles. The fourth-order valence-electron chi connectivity index (χ4n) is 4.35. The molecular formula is C20H31N. The molecule has 1 nitrogen and oxygen atoms in total. The Morgan fingerprint density at radius 3 is 2.76 bits per heavy atom. The first kappa shape index (κ1) is 15.1. The Bertz CT molecular complexity index is 465. The molecule has 0 heterocycles. The Kier molecular flexibility index (Phi) is 5.00. The summed E-state index contributed by atoms with van der Waals surface area (Å²) in [5.41, 5.74) is 10.9. The summed E-state index contributed by atoms with van der Waals surface area (Å²) in [5, 5.41) is 0. The van der Waals surface area contributed by atoms with Crippen molar-refractivity contribution >= 4 is 0 Å². The van der Waals surface area contributed by atoms with Crippen molar-refractivity contribution in [3.05, 3.63) is 34.9 Å². The van der Waals surface area contributed by atoms with Crippen LogP contribution in [0.15, 0.2) is 18.2 Å². The van der Waals surface area contributed by atoms with Crippen LogP contribution in [0.5, 0.6) is 0 Å². The summed E-state index contributed by atoms with van der Waals surface area (Å²) >= 11 is 0. The molecule has 0 aliphatic heterocycles. The average molecular weight is 285 g/mol. The van der Waals surface area contributed by atoms with Gasteiger partial charge in [0.2, 0.25) is 0 Å². The lowest BCUT2D eigenvalue weighted by Gasteiger charge is -2.26. The zero-order chi connectivity index (χ0) is 14.7. The van der Waals surface area contributed by atoms with Gasteiger partial charge in [0, 0.05) is 6.04 Å². The Hall–Kier alpha value is -0.820. The van der Waals surface area contributed by atoms with Gasteiger partial charge in [-0.2, -0.15) is 0 Å². The first-order valence-corrected chi connectivity index (χ1v) is 9.13. The van der Waals surface area contributed by atoms with Gasteiger partial charge in [0.25, 0.3) is 0 Å². The van der Waals surface area contributed by atoms with Crippen molar-refractivity contribution in [2.24, 2.45) is 11.7 Å². The highest BCUT2D eigenvalue weighted by Gasteiger charge is 2.25. The van der Waals surface area contributed by atoms with Crippen LogP contribution in [-0.2, 0) is 12.8 Å². The molecule has 3 atom stereocenters. The normalized spacial score (nSPS) is 28.6. The second-order valence-electron chi connectivity index (χ2n) is 7.40. The third-order valence-electron chi connectivity index (χ3n) is 5.72. The van der Waals surface area contributed by atoms with E-state index < -0.39 is 0 Å². The van der Waals surface area contributed by atoms with E-state index in [2.05, 4.69) is 25.1 Å². The van der Waals surface area contributed by atoms with Crippen LogP contribution >= 0.6 is 0 Å². The Balaban J connectivity index is 1.62. The van der Waals surface area contributed by atoms with Gasteiger partial charge in [0.05, 0.1) is 0 Å². The molecule has 1 fully saturated rings. The molecule has 2 aliphatic carbocycles. The van der Waals surface area contributed by atoms with Crippen molar-refractivity contribution in [1.82, 2.24) is 0 Å². The van der Waals surface area contributed by atoms with E-state index in [1.54, 1.807) is 16.7 Å². The summed E-state index contributed by atoms with van der Waals surface area (Å²) in [6.45, 7) is 2.30. The first-order valence-electron chi connectivity index (χ1n) is 9.13. The summed E-state index contributed by atoms with van der Waals surface area (Å²) in [6, 6.07) is 7.78. The van der Waals surface area contributed by atoms with E-state index in [4.69, 9.17) is 5.73 Å². The van der Waals surface area contributed by atoms with Gasteiger partial charge in [-0.1, -0.05) is 50.8 Å². The number of hydrogen-bond acceptors (Lipinski definition) is 1. The molecule has 3 rings (SSSR count). The molecule has 1 aromatic rings. The highest BCUT2D eigenvalue weighted by Crippen LogP contribution is 2.36. The molecule has 2 unspecified atom stereocenters. The summed E-state index contributed by atoms with van der Waals surface area (Å²) in [6.07, 6.45) is 13.3. The SMILES string of the molecule is CCCCCC1CCc2cc(C3CC[C@@H](N)C3)ccc2C1. The highest BCUT2D eigenvalue weighted by molar-refractivity contribution is 5.36. The lowest BCUT2D eigenvalue weighted by atomic mass is 9.80. The minimum atomic E-state index is 0.439. The van der Waals surface area contributed by atoms with Crippen LogP contribution in [0.4, 0.5) is 0 Å². The van der Waals surface area contributed by atoms with Crippen LogP contribution in [0.25, 0.3) is 0 Å². The van der Waals surface area contributed by atoms with Crippen LogP contribution in [0.3, 0.4) is 0 Å². The molecule has 21 heavy (non-hydrogen) atoms. The minimum absolute atomic E-state index is 0.439. The molecule has 1 saturated carbocycles. The highest BCUT2D eigenvalue weighted by atomic mass is 14.6. The average Bonchev–Trinajstić information content (AvgIpc) is 2.93. The van der Waals surface area contributed by atoms with E-state index in [0.717, 1.165) is 11.8 Å². The lowest BCUT2D eigenvalue weighted by Crippen LogP contribution is -2.16. The largest absolute Gasteiger partial charge is 0.328 e. The van der Waals surface area contributed by atoms with Crippen molar-refractivity contribution in [1.29, 1.82) is 0 Å². The topological polar surface area (TPSA) is 26.0 Å². The van der Waals surface area contributed by atoms with E-state index in [0.29, 0.717) is 6.04 Å². The van der Waals surface area contributed by atoms with E-state index in [9.17, 15) is 0 Å². The maximum atomic E-state index is 6.08. The maximum Gasteiger partial charge on any atom is 0.00448 e. The van der Waals surface area contributed by atoms with Gasteiger partial charge in [-0.25, -0.2) is 0 Å². The van der Waals surface area contributed by atoms with Crippen molar-refractivity contribution in [3.8, 4) is 0 Å². The Labute approximate surface area is 130 Å². The molecule has 0 saturated heterocycles. The summed E-state index contributed by atoms with van der Waals surface area (Å²) in [7, 11) is 0. The Morgan fingerprint density at radius 2 is 2.00 bits per heavy atom. The van der Waals surface area contributed by atoms with Gasteiger partial charge < -0.3 is 5.73 Å². The number of unbranched alkanes of at least 4 members (excludes halogenated alkanes) is 2. The molecule has 0 bridgehead atoms. The summed E-state index contributed by atoms with van der Waals surface area (Å²) in [4.78, 5) is 0. The van der Waals surface area contributed by atoms with Crippen LogP contribution in [0, 0.1) is 5.92 Å². The van der Waals surface area contributed by atoms with Gasteiger partial charge in [0.15, 0.2) is 0 Å². The van der Waals surface area contributed by atoms with E-state index in [1.165, 1.54) is 64.2 Å². The van der Waals surface area contributed by atoms with Crippen LogP contribution in [0.2, 0.25) is 0 Å². The molecule has 116 valence electrons. The number of aryl methyl sites for hydroxylation is 1. The van der Waals surface area contributed by atoms with Gasteiger partial charge in [-0.15, -0.1) is 0 Å². The van der Waals surface area contributed by atoms with Crippen LogP contribution in [-0.4, -0.2) is 6.04 Å². The number of benzene rings is 1. The molecule has 2 N–H and O–H groups in total. The number of rotatable bonds is 5. The number of hydrogen-bond donors (Lipinski definition) is 1. The van der Waals surface area contributed by atoms with E-state index in [1.807, 2.05) is 0 Å². The quantitative estimate of drug-likeness (QED) is 0.760. The van der Waals surface area contributed by atoms with E-state index >= 15 is 0 Å². The second kappa shape index (κ2) is 6.96. The number of nitrogens with two attached hydrogens (primary N) is 1. The van der Waals surface area contributed by atoms with Gasteiger partial charge in [-0.05, 0) is 67.1 Å². The Morgan fingerprint density at radius 1 is 1.10 bits per heavy atom. The van der Waals surface area contributed by atoms with Crippen molar-refractivity contribution in [2.45, 2.75) is 83.1 Å². The zero-order valence-corrected chi connectivity index (χ0v) is 13.6. The van der Waals surface area contributed by atoms with Crippen molar-refractivity contribution in [2.75, 3.05) is 0 Å². The van der Waals surface area contributed by atoms with Crippen LogP contribution in [0.1, 0.15) is 80.9 Å². The monoisotopic (exact) mass is 285 g/mol. The predicted molar refractivity (Wildman–Crippen MR) is 90.7 cm³/mol. The molecular weight excluding hydrogens is 254 g/mol. The second-order valence-corrected chi connectivity index (χ2v) is 7.40. The van der Waals surface area contributed by atoms with E-state index in [-0.39, 0.29) is 0 Å². The predicted octanol–water partition coefficient (Wildman–Crippen LogP) is 4.97. The summed E-state index contributed by atoms with van der Waals surface area (Å²) in [5.74, 6) is 1.67. The van der Waals surface area contributed by atoms with Gasteiger partial charge >= 0.3 is 0 Å². The molecule has 0 aromatic heterocycles. The standard InChI is InChI=1S/C20H31N/c1-2-3-4-5-15-6-7-17-13-18(9-8-16(17)12-15)19-10-11-20(21)14-19/h8-9,13,15,19-20H,2-7,10-12,14,21H2,1H3/t15?,19?,20-/m1/s1. The van der Waals surface area contributed by atoms with Crippen LogP contribution < -0.4 is 5.73 Å². The number of fused-ring (bicyclic) bond motifs is 1. The van der Waals surface area contributed by atoms with Gasteiger partial charge in [-0.3, -0.25) is 0 Å². The summed E-state index contributed by atoms with van der Waals surface area (Å²) < 4.78 is 0. The van der Waals surface area contributed by atoms with Gasteiger partial charge in [0.1, 0.15) is 0 Å².